The van der Waals surface area contributed by atoms with Crippen LogP contribution in [0.4, 0.5) is 32.3 Å². The Hall–Kier alpha value is -3.91. The second-order valence-electron chi connectivity index (χ2n) is 13.3. The number of aromatic nitrogens is 2. The molecule has 0 N–H and O–H groups in total. The molecule has 0 spiro atoms. The maximum atomic E-state index is 13.8. The van der Waals surface area contributed by atoms with Crippen LogP contribution in [0.1, 0.15) is 86.5 Å². The van der Waals surface area contributed by atoms with Crippen molar-refractivity contribution in [2.75, 3.05) is 32.1 Å². The van der Waals surface area contributed by atoms with Crippen LogP contribution in [0.2, 0.25) is 0 Å². The molecule has 2 aliphatic heterocycles. The van der Waals surface area contributed by atoms with Gasteiger partial charge < -0.3 is 14.5 Å². The predicted molar refractivity (Wildman–Crippen MR) is 169 cm³/mol. The van der Waals surface area contributed by atoms with E-state index in [1.165, 1.54) is 7.11 Å². The third-order valence-electron chi connectivity index (χ3n) is 10.0. The highest BCUT2D eigenvalue weighted by atomic mass is 19.4. The summed E-state index contributed by atoms with van der Waals surface area (Å²) < 4.78 is 87.3. The summed E-state index contributed by atoms with van der Waals surface area (Å²) in [7, 11) is 3.19. The first kappa shape index (κ1) is 36.4. The maximum absolute atomic E-state index is 13.8. The van der Waals surface area contributed by atoms with Crippen molar-refractivity contribution < 1.29 is 40.7 Å². The van der Waals surface area contributed by atoms with Gasteiger partial charge in [-0.3, -0.25) is 14.6 Å². The van der Waals surface area contributed by atoms with Gasteiger partial charge in [-0.2, -0.15) is 31.4 Å². The number of ether oxygens (including phenoxy) is 1. The second-order valence-corrected chi connectivity index (χ2v) is 13.3. The van der Waals surface area contributed by atoms with Crippen molar-refractivity contribution in [3.63, 3.8) is 0 Å². The highest BCUT2D eigenvalue weighted by Crippen LogP contribution is 2.38. The van der Waals surface area contributed by atoms with Gasteiger partial charge in [-0.1, -0.05) is 6.92 Å². The Morgan fingerprint density at radius 2 is 1.59 bits per heavy atom. The van der Waals surface area contributed by atoms with E-state index in [1.54, 1.807) is 28.5 Å². The van der Waals surface area contributed by atoms with Gasteiger partial charge >= 0.3 is 18.3 Å². The number of nitrogens with zero attached hydrogens (tertiary/aromatic N) is 6. The zero-order valence-corrected chi connectivity index (χ0v) is 27.8. The number of amides is 1. The van der Waals surface area contributed by atoms with E-state index in [-0.39, 0.29) is 65.8 Å². The van der Waals surface area contributed by atoms with Gasteiger partial charge in [-0.05, 0) is 80.2 Å². The highest BCUT2D eigenvalue weighted by Gasteiger charge is 2.40. The van der Waals surface area contributed by atoms with Crippen molar-refractivity contribution in [3.05, 3.63) is 52.8 Å². The lowest BCUT2D eigenvalue weighted by Gasteiger charge is -2.45. The van der Waals surface area contributed by atoms with Gasteiger partial charge in [-0.25, -0.2) is 9.97 Å². The molecule has 3 heterocycles. The largest absolute Gasteiger partial charge is 0.469 e. The van der Waals surface area contributed by atoms with Gasteiger partial charge in [0.1, 0.15) is 0 Å². The Balaban J connectivity index is 1.39. The van der Waals surface area contributed by atoms with Crippen molar-refractivity contribution in [2.24, 2.45) is 16.9 Å². The highest BCUT2D eigenvalue weighted by molar-refractivity contribution is 5.79. The van der Waals surface area contributed by atoms with E-state index in [0.29, 0.717) is 51.6 Å². The summed E-state index contributed by atoms with van der Waals surface area (Å²) in [4.78, 5) is 38.1. The topological polar surface area (TPSA) is 91.2 Å². The number of likely N-dealkylation sites (tertiary alicyclic amines) is 1. The number of benzene rings is 1. The number of halogens is 6. The van der Waals surface area contributed by atoms with Crippen LogP contribution in [0, 0.1) is 11.8 Å². The lowest BCUT2D eigenvalue weighted by Crippen LogP contribution is -2.53. The molecule has 1 unspecified atom stereocenters. The van der Waals surface area contributed by atoms with Crippen LogP contribution in [0.5, 0.6) is 0 Å². The molecule has 3 aliphatic rings. The Morgan fingerprint density at radius 3 is 2.12 bits per heavy atom. The summed E-state index contributed by atoms with van der Waals surface area (Å²) >= 11 is 0. The molecule has 15 heteroatoms. The SMILES string of the molecule is CC[C@@H]1C[C@H](N(Cc2cc(C(F)(F)F)cc(C(F)(F)F)c2)c2ncc(C3C=NN(C)C3)cn2)CCN1C(=O)C1CCC(CC(=O)OC)CC1. The summed E-state index contributed by atoms with van der Waals surface area (Å²) in [6, 6.07) is 1.05. The molecule has 1 aliphatic carbocycles. The number of methoxy groups -OCH3 is 1. The molecule has 49 heavy (non-hydrogen) atoms. The van der Waals surface area contributed by atoms with E-state index in [0.717, 1.165) is 30.5 Å². The summed E-state index contributed by atoms with van der Waals surface area (Å²) in [5.41, 5.74) is -2.16. The third-order valence-corrected chi connectivity index (χ3v) is 10.0. The Morgan fingerprint density at radius 1 is 0.959 bits per heavy atom. The minimum Gasteiger partial charge on any atom is -0.469 e. The normalized spacial score (nSPS) is 24.6. The molecule has 2 aromatic rings. The minimum atomic E-state index is -4.98. The van der Waals surface area contributed by atoms with Gasteiger partial charge in [-0.15, -0.1) is 0 Å². The molecule has 0 radical (unpaired) electrons. The number of carbonyl (C=O) groups is 2. The molecule has 1 aromatic carbocycles. The number of esters is 1. The standard InChI is InChI=1S/C34H42F6N6O3/c1-4-28-15-29(9-10-45(28)31(48)23-7-5-21(6-8-23)13-30(47)49-3)46(32-41-16-24(17-42-32)25-18-43-44(2)20-25)19-22-11-26(33(35,36)37)14-27(12-22)34(38,39)40/h11-12,14,16-18,21,23,25,28-29H,4-10,13,15,19-20H2,1-3H3/t21?,23?,25?,28-,29-/m1/s1. The number of anilines is 1. The lowest BCUT2D eigenvalue weighted by molar-refractivity contribution is -0.144. The van der Waals surface area contributed by atoms with Gasteiger partial charge in [0.25, 0.3) is 0 Å². The van der Waals surface area contributed by atoms with Crippen LogP contribution in [-0.2, 0) is 33.2 Å². The summed E-state index contributed by atoms with van der Waals surface area (Å²) in [5, 5.41) is 6.00. The van der Waals surface area contributed by atoms with Crippen molar-refractivity contribution in [1.29, 1.82) is 0 Å². The van der Waals surface area contributed by atoms with E-state index in [4.69, 9.17) is 4.74 Å². The molecule has 1 saturated carbocycles. The van der Waals surface area contributed by atoms with Crippen LogP contribution in [0.3, 0.4) is 0 Å². The minimum absolute atomic E-state index is 0.0462. The fourth-order valence-corrected chi connectivity index (χ4v) is 7.26. The Labute approximate surface area is 281 Å². The molecule has 0 bridgehead atoms. The van der Waals surface area contributed by atoms with Crippen LogP contribution in [-0.4, -0.2) is 77.3 Å². The van der Waals surface area contributed by atoms with Crippen LogP contribution >= 0.6 is 0 Å². The lowest BCUT2D eigenvalue weighted by atomic mass is 9.79. The second kappa shape index (κ2) is 14.9. The van der Waals surface area contributed by atoms with E-state index < -0.39 is 23.5 Å². The fourth-order valence-electron chi connectivity index (χ4n) is 7.26. The van der Waals surface area contributed by atoms with E-state index in [9.17, 15) is 35.9 Å². The van der Waals surface area contributed by atoms with Crippen molar-refractivity contribution in [2.45, 2.75) is 95.2 Å². The molecular formula is C34H42F6N6O3. The average Bonchev–Trinajstić information content (AvgIpc) is 3.52. The number of piperidine rings is 1. The monoisotopic (exact) mass is 696 g/mol. The first-order valence-corrected chi connectivity index (χ1v) is 16.7. The zero-order valence-electron chi connectivity index (χ0n) is 27.8. The van der Waals surface area contributed by atoms with Crippen molar-refractivity contribution >= 4 is 24.0 Å². The molecule has 1 saturated heterocycles. The van der Waals surface area contributed by atoms with Crippen LogP contribution in [0.15, 0.2) is 35.7 Å². The number of alkyl halides is 6. The third kappa shape index (κ3) is 8.82. The van der Waals surface area contributed by atoms with Gasteiger partial charge in [0.2, 0.25) is 11.9 Å². The molecule has 1 aromatic heterocycles. The first-order chi connectivity index (χ1) is 23.2. The predicted octanol–water partition coefficient (Wildman–Crippen LogP) is 6.67. The van der Waals surface area contributed by atoms with E-state index in [2.05, 4.69) is 15.1 Å². The number of rotatable bonds is 9. The Bertz CT molecular complexity index is 1460. The van der Waals surface area contributed by atoms with E-state index >= 15 is 0 Å². The van der Waals surface area contributed by atoms with E-state index in [1.807, 2.05) is 18.9 Å². The van der Waals surface area contributed by atoms with Gasteiger partial charge in [0.15, 0.2) is 0 Å². The number of likely N-dealkylation sites (N-methyl/N-ethyl adjacent to an activating group) is 1. The summed E-state index contributed by atoms with van der Waals surface area (Å²) in [6.45, 7) is 2.66. The quantitative estimate of drug-likeness (QED) is 0.214. The number of hydrogen-bond acceptors (Lipinski definition) is 8. The Kier molecular flexibility index (Phi) is 11.1. The molecule has 5 rings (SSSR count). The molecule has 1 amide bonds. The summed E-state index contributed by atoms with van der Waals surface area (Å²) in [5.74, 6) is -0.0768. The van der Waals surface area contributed by atoms with Crippen LogP contribution in [0.25, 0.3) is 0 Å². The average molecular weight is 697 g/mol. The number of hydrogen-bond donors (Lipinski definition) is 0. The first-order valence-electron chi connectivity index (χ1n) is 16.7. The number of carbonyl (C=O) groups excluding carboxylic acids is 2. The summed E-state index contributed by atoms with van der Waals surface area (Å²) in [6.07, 6.45) is -0.309. The molecule has 3 atom stereocenters. The van der Waals surface area contributed by atoms with Crippen molar-refractivity contribution in [3.8, 4) is 0 Å². The molecule has 2 fully saturated rings. The van der Waals surface area contributed by atoms with Crippen LogP contribution < -0.4 is 4.90 Å². The van der Waals surface area contributed by atoms with Gasteiger partial charge in [0.05, 0.1) is 18.2 Å². The van der Waals surface area contributed by atoms with Gasteiger partial charge in [0, 0.05) is 75.6 Å². The van der Waals surface area contributed by atoms with Crippen molar-refractivity contribution in [1.82, 2.24) is 19.9 Å². The zero-order chi connectivity index (χ0) is 35.5. The smallest absolute Gasteiger partial charge is 0.416 e. The number of hydrazone groups is 1. The fraction of sp³-hybridized carbons (Fsp3) is 0.618. The molecular weight excluding hydrogens is 654 g/mol. The molecule has 268 valence electrons. The maximum Gasteiger partial charge on any atom is 0.416 e. The molecule has 9 nitrogen and oxygen atoms in total.